The van der Waals surface area contributed by atoms with Crippen LogP contribution < -0.4 is 5.32 Å². The number of carbonyl (C=O) groups is 1. The number of anilines is 1. The van der Waals surface area contributed by atoms with E-state index in [-0.39, 0.29) is 5.91 Å². The van der Waals surface area contributed by atoms with Crippen LogP contribution in [0.1, 0.15) is 20.3 Å². The molecule has 1 aliphatic heterocycles. The number of nitrogens with one attached hydrogen (secondary N) is 1. The highest BCUT2D eigenvalue weighted by Gasteiger charge is 2.28. The molecule has 0 saturated carbocycles. The largest absolute Gasteiger partial charge is 0.325 e. The summed E-state index contributed by atoms with van der Waals surface area (Å²) in [7, 11) is 0. The maximum absolute atomic E-state index is 12.0. The summed E-state index contributed by atoms with van der Waals surface area (Å²) < 4.78 is 0. The zero-order chi connectivity index (χ0) is 15.9. The minimum atomic E-state index is 0.0429. The summed E-state index contributed by atoms with van der Waals surface area (Å²) >= 11 is 0. The van der Waals surface area contributed by atoms with Crippen molar-refractivity contribution < 1.29 is 4.79 Å². The Morgan fingerprint density at radius 1 is 1.41 bits per heavy atom. The highest BCUT2D eigenvalue weighted by atomic mass is 16.1. The van der Waals surface area contributed by atoms with Crippen LogP contribution in [-0.4, -0.2) is 59.0 Å². The van der Waals surface area contributed by atoms with Gasteiger partial charge in [-0.2, -0.15) is 0 Å². The molecule has 0 bridgehead atoms. The Kier molecular flexibility index (Phi) is 6.10. The van der Waals surface area contributed by atoms with Crippen LogP contribution in [0, 0.1) is 0 Å². The molecule has 0 aliphatic carbocycles. The summed E-state index contributed by atoms with van der Waals surface area (Å²) in [5.41, 5.74) is 0.754. The first kappa shape index (κ1) is 16.6. The molecule has 1 fully saturated rings. The third-order valence-corrected chi connectivity index (χ3v) is 4.18. The molecule has 1 amide bonds. The van der Waals surface area contributed by atoms with Crippen LogP contribution in [0.25, 0.3) is 0 Å². The molecular weight excluding hydrogens is 276 g/mol. The molecule has 5 heteroatoms. The van der Waals surface area contributed by atoms with Gasteiger partial charge < -0.3 is 5.32 Å². The Labute approximate surface area is 133 Å². The topological polar surface area (TPSA) is 48.5 Å². The van der Waals surface area contributed by atoms with Gasteiger partial charge in [0.15, 0.2) is 0 Å². The van der Waals surface area contributed by atoms with Crippen LogP contribution in [0.2, 0.25) is 0 Å². The van der Waals surface area contributed by atoms with Gasteiger partial charge in [0.05, 0.1) is 11.9 Å². The second-order valence-electron chi connectivity index (χ2n) is 5.98. The molecule has 2 rings (SSSR count). The number of piperazine rings is 1. The SMILES string of the molecule is C=CCN1C[C@@H](C)N(CCC(=O)Nc2cccnc2)C[C@H]1C. The quantitative estimate of drug-likeness (QED) is 0.817. The van der Waals surface area contributed by atoms with E-state index >= 15 is 0 Å². The van der Waals surface area contributed by atoms with Crippen molar-refractivity contribution in [1.82, 2.24) is 14.8 Å². The van der Waals surface area contributed by atoms with Gasteiger partial charge in [0.2, 0.25) is 5.91 Å². The second-order valence-corrected chi connectivity index (χ2v) is 5.98. The Balaban J connectivity index is 1.79. The molecule has 22 heavy (non-hydrogen) atoms. The number of pyridine rings is 1. The molecule has 1 aliphatic rings. The van der Waals surface area contributed by atoms with E-state index in [2.05, 4.69) is 40.5 Å². The molecule has 2 atom stereocenters. The average Bonchev–Trinajstić information content (AvgIpc) is 2.50. The number of carbonyl (C=O) groups excluding carboxylic acids is 1. The molecule has 1 aromatic rings. The number of aromatic nitrogens is 1. The number of amides is 1. The number of hydrogen-bond donors (Lipinski definition) is 1. The lowest BCUT2D eigenvalue weighted by Crippen LogP contribution is -2.56. The molecule has 0 aromatic carbocycles. The van der Waals surface area contributed by atoms with Crippen molar-refractivity contribution in [3.05, 3.63) is 37.2 Å². The first-order valence-corrected chi connectivity index (χ1v) is 7.89. The molecule has 5 nitrogen and oxygen atoms in total. The number of hydrogen-bond acceptors (Lipinski definition) is 4. The van der Waals surface area contributed by atoms with E-state index in [0.717, 1.165) is 31.9 Å². The molecule has 1 N–H and O–H groups in total. The maximum atomic E-state index is 12.0. The highest BCUT2D eigenvalue weighted by Crippen LogP contribution is 2.15. The molecule has 0 unspecified atom stereocenters. The summed E-state index contributed by atoms with van der Waals surface area (Å²) in [6, 6.07) is 4.62. The van der Waals surface area contributed by atoms with E-state index in [1.54, 1.807) is 12.4 Å². The van der Waals surface area contributed by atoms with Gasteiger partial charge in [0.1, 0.15) is 0 Å². The van der Waals surface area contributed by atoms with Gasteiger partial charge in [0.25, 0.3) is 0 Å². The third kappa shape index (κ3) is 4.64. The number of rotatable bonds is 6. The average molecular weight is 302 g/mol. The fourth-order valence-electron chi connectivity index (χ4n) is 2.91. The predicted octanol–water partition coefficient (Wildman–Crippen LogP) is 1.99. The van der Waals surface area contributed by atoms with E-state index in [1.807, 2.05) is 18.2 Å². The van der Waals surface area contributed by atoms with E-state index in [0.29, 0.717) is 18.5 Å². The molecule has 2 heterocycles. The summed E-state index contributed by atoms with van der Waals surface area (Å²) in [6.45, 7) is 12.0. The van der Waals surface area contributed by atoms with Gasteiger partial charge in [-0.05, 0) is 26.0 Å². The van der Waals surface area contributed by atoms with E-state index in [9.17, 15) is 4.79 Å². The monoisotopic (exact) mass is 302 g/mol. The lowest BCUT2D eigenvalue weighted by atomic mass is 10.1. The van der Waals surface area contributed by atoms with Crippen LogP contribution in [0.15, 0.2) is 37.2 Å². The first-order chi connectivity index (χ1) is 10.6. The fraction of sp³-hybridized carbons (Fsp3) is 0.529. The van der Waals surface area contributed by atoms with Gasteiger partial charge in [-0.1, -0.05) is 6.08 Å². The molecule has 120 valence electrons. The van der Waals surface area contributed by atoms with Crippen molar-refractivity contribution in [3.63, 3.8) is 0 Å². The zero-order valence-corrected chi connectivity index (χ0v) is 13.5. The summed E-state index contributed by atoms with van der Waals surface area (Å²) in [6.07, 6.45) is 5.83. The van der Waals surface area contributed by atoms with Crippen LogP contribution in [-0.2, 0) is 4.79 Å². The normalized spacial score (nSPS) is 23.2. The van der Waals surface area contributed by atoms with Gasteiger partial charge in [0, 0.05) is 50.9 Å². The maximum Gasteiger partial charge on any atom is 0.225 e. The minimum absolute atomic E-state index is 0.0429. The van der Waals surface area contributed by atoms with Gasteiger partial charge in [-0.3, -0.25) is 19.6 Å². The van der Waals surface area contributed by atoms with Gasteiger partial charge in [-0.15, -0.1) is 6.58 Å². The molecule has 1 aromatic heterocycles. The van der Waals surface area contributed by atoms with E-state index in [1.165, 1.54) is 0 Å². The summed E-state index contributed by atoms with van der Waals surface area (Å²) in [5, 5.41) is 2.88. The molecule has 0 radical (unpaired) electrons. The Morgan fingerprint density at radius 2 is 2.14 bits per heavy atom. The van der Waals surface area contributed by atoms with Gasteiger partial charge in [-0.25, -0.2) is 0 Å². The van der Waals surface area contributed by atoms with Crippen LogP contribution in [0.3, 0.4) is 0 Å². The Hall–Kier alpha value is -1.72. The van der Waals surface area contributed by atoms with Crippen molar-refractivity contribution in [2.24, 2.45) is 0 Å². The lowest BCUT2D eigenvalue weighted by molar-refractivity contribution is -0.116. The van der Waals surface area contributed by atoms with Crippen molar-refractivity contribution in [2.75, 3.05) is 31.5 Å². The third-order valence-electron chi connectivity index (χ3n) is 4.18. The van der Waals surface area contributed by atoms with Crippen LogP contribution in [0.4, 0.5) is 5.69 Å². The van der Waals surface area contributed by atoms with Crippen molar-refractivity contribution in [3.8, 4) is 0 Å². The first-order valence-electron chi connectivity index (χ1n) is 7.89. The van der Waals surface area contributed by atoms with Crippen LogP contribution >= 0.6 is 0 Å². The lowest BCUT2D eigenvalue weighted by Gasteiger charge is -2.43. The summed E-state index contributed by atoms with van der Waals surface area (Å²) in [5.74, 6) is 0.0429. The van der Waals surface area contributed by atoms with E-state index < -0.39 is 0 Å². The van der Waals surface area contributed by atoms with E-state index in [4.69, 9.17) is 0 Å². The van der Waals surface area contributed by atoms with Crippen molar-refractivity contribution in [1.29, 1.82) is 0 Å². The molecule has 0 spiro atoms. The Bertz CT molecular complexity index is 491. The summed E-state index contributed by atoms with van der Waals surface area (Å²) in [4.78, 5) is 20.8. The standard InChI is InChI=1S/C17H26N4O/c1-4-9-20-12-15(3)21(13-14(20)2)10-7-17(22)19-16-6-5-8-18-11-16/h4-6,8,11,14-15H,1,7,9-10,12-13H2,2-3H3,(H,19,22)/t14-,15-/m1/s1. The number of nitrogens with zero attached hydrogens (tertiary/aromatic N) is 3. The highest BCUT2D eigenvalue weighted by molar-refractivity contribution is 5.90. The van der Waals surface area contributed by atoms with Gasteiger partial charge >= 0.3 is 0 Å². The van der Waals surface area contributed by atoms with Crippen molar-refractivity contribution in [2.45, 2.75) is 32.4 Å². The molecular formula is C17H26N4O. The predicted molar refractivity (Wildman–Crippen MR) is 89.8 cm³/mol. The Morgan fingerprint density at radius 3 is 2.82 bits per heavy atom. The van der Waals surface area contributed by atoms with Crippen LogP contribution in [0.5, 0.6) is 0 Å². The smallest absolute Gasteiger partial charge is 0.225 e. The second kappa shape index (κ2) is 8.06. The zero-order valence-electron chi connectivity index (χ0n) is 13.5. The molecule has 1 saturated heterocycles. The van der Waals surface area contributed by atoms with Crippen molar-refractivity contribution >= 4 is 11.6 Å². The minimum Gasteiger partial charge on any atom is -0.325 e. The fourth-order valence-corrected chi connectivity index (χ4v) is 2.91.